The molecular formula is C18H20ClN3O. The third-order valence-electron chi connectivity index (χ3n) is 3.36. The van der Waals surface area contributed by atoms with Crippen LogP contribution in [0.4, 0.5) is 11.5 Å². The van der Waals surface area contributed by atoms with Crippen molar-refractivity contribution in [1.82, 2.24) is 9.97 Å². The fourth-order valence-corrected chi connectivity index (χ4v) is 2.47. The number of pyridine rings is 2. The molecule has 0 aliphatic heterocycles. The van der Waals surface area contributed by atoms with E-state index in [1.807, 2.05) is 18.3 Å². The molecule has 5 heteroatoms. The van der Waals surface area contributed by atoms with Gasteiger partial charge in [-0.1, -0.05) is 43.1 Å². The molecule has 0 unspecified atom stereocenters. The van der Waals surface area contributed by atoms with Crippen molar-refractivity contribution >= 4 is 33.9 Å². The topological polar surface area (TPSA) is 58.0 Å². The zero-order chi connectivity index (χ0) is 16.7. The summed E-state index contributed by atoms with van der Waals surface area (Å²) in [6.45, 7) is 2.19. The number of anilines is 2. The van der Waals surface area contributed by atoms with Crippen LogP contribution in [0.2, 0.25) is 5.15 Å². The molecule has 0 bridgehead atoms. The van der Waals surface area contributed by atoms with Crippen LogP contribution in [-0.2, 0) is 6.42 Å². The molecule has 2 N–H and O–H groups in total. The third kappa shape index (κ3) is 4.41. The van der Waals surface area contributed by atoms with Crippen molar-refractivity contribution in [3.63, 3.8) is 0 Å². The third-order valence-corrected chi connectivity index (χ3v) is 3.58. The van der Waals surface area contributed by atoms with Gasteiger partial charge in [0.25, 0.3) is 0 Å². The smallest absolute Gasteiger partial charge is 0.138 e. The highest BCUT2D eigenvalue weighted by Gasteiger charge is 2.04. The average Bonchev–Trinajstić information content (AvgIpc) is 2.59. The molecule has 0 aliphatic rings. The van der Waals surface area contributed by atoms with E-state index in [9.17, 15) is 0 Å². The quantitative estimate of drug-likeness (QED) is 0.687. The molecule has 0 fully saturated rings. The molecular weight excluding hydrogens is 310 g/mol. The molecule has 0 amide bonds. The second kappa shape index (κ2) is 8.46. The van der Waals surface area contributed by atoms with Gasteiger partial charge in [0.1, 0.15) is 11.0 Å². The molecule has 0 radical (unpaired) electrons. The monoisotopic (exact) mass is 329 g/mol. The Balaban J connectivity index is 0.000000924. The highest BCUT2D eigenvalue weighted by Crippen LogP contribution is 2.25. The molecule has 0 aliphatic carbocycles. The van der Waals surface area contributed by atoms with Gasteiger partial charge < -0.3 is 10.4 Å². The van der Waals surface area contributed by atoms with Gasteiger partial charge in [-0.25, -0.2) is 9.97 Å². The van der Waals surface area contributed by atoms with E-state index >= 15 is 0 Å². The summed E-state index contributed by atoms with van der Waals surface area (Å²) >= 11 is 5.80. The number of halogens is 1. The Labute approximate surface area is 141 Å². The second-order valence-electron chi connectivity index (χ2n) is 4.96. The fourth-order valence-electron chi connectivity index (χ4n) is 2.36. The Bertz CT molecular complexity index is 760. The van der Waals surface area contributed by atoms with Gasteiger partial charge in [0, 0.05) is 18.7 Å². The summed E-state index contributed by atoms with van der Waals surface area (Å²) in [6, 6.07) is 12.2. The van der Waals surface area contributed by atoms with Crippen molar-refractivity contribution < 1.29 is 5.11 Å². The van der Waals surface area contributed by atoms with E-state index in [4.69, 9.17) is 16.7 Å². The number of nitrogens with zero attached hydrogens (tertiary/aromatic N) is 2. The number of rotatable bonds is 4. The normalized spacial score (nSPS) is 10.1. The summed E-state index contributed by atoms with van der Waals surface area (Å²) in [6.07, 6.45) is 5.78. The Hall–Kier alpha value is -2.17. The standard InChI is InChI=1S/C17H16ClN3.CH4O/c1-2-3-12-4-6-15-13(10-12)8-9-19-17(15)21-14-5-7-16(18)20-11-14;1-2/h4-11H,2-3H2,1H3,(H,19,21);2H,1H3. The van der Waals surface area contributed by atoms with Gasteiger partial charge in [0.2, 0.25) is 0 Å². The van der Waals surface area contributed by atoms with Crippen molar-refractivity contribution in [1.29, 1.82) is 0 Å². The van der Waals surface area contributed by atoms with Crippen molar-refractivity contribution in [3.8, 4) is 0 Å². The summed E-state index contributed by atoms with van der Waals surface area (Å²) in [7, 11) is 1.00. The molecule has 2 heterocycles. The highest BCUT2D eigenvalue weighted by atomic mass is 35.5. The number of nitrogens with one attached hydrogen (secondary N) is 1. The molecule has 23 heavy (non-hydrogen) atoms. The number of aromatic nitrogens is 2. The first-order chi connectivity index (χ1) is 11.3. The SMILES string of the molecule is CCCc1ccc2c(Nc3ccc(Cl)nc3)nccc2c1.CO. The van der Waals surface area contributed by atoms with Crippen molar-refractivity contribution in [2.75, 3.05) is 12.4 Å². The molecule has 4 nitrogen and oxygen atoms in total. The lowest BCUT2D eigenvalue weighted by Crippen LogP contribution is -1.95. The summed E-state index contributed by atoms with van der Waals surface area (Å²) in [5.41, 5.74) is 2.23. The molecule has 120 valence electrons. The minimum absolute atomic E-state index is 0.482. The van der Waals surface area contributed by atoms with Gasteiger partial charge in [-0.2, -0.15) is 0 Å². The zero-order valence-corrected chi connectivity index (χ0v) is 14.0. The van der Waals surface area contributed by atoms with Crippen molar-refractivity contribution in [3.05, 3.63) is 59.5 Å². The molecule has 0 spiro atoms. The maximum Gasteiger partial charge on any atom is 0.138 e. The van der Waals surface area contributed by atoms with Crippen LogP contribution < -0.4 is 5.32 Å². The molecule has 0 saturated heterocycles. The first-order valence-electron chi connectivity index (χ1n) is 7.47. The van der Waals surface area contributed by atoms with Gasteiger partial charge in [-0.3, -0.25) is 0 Å². The van der Waals surface area contributed by atoms with Gasteiger partial charge in [-0.05, 0) is 35.6 Å². The number of hydrogen-bond donors (Lipinski definition) is 2. The maximum atomic E-state index is 7.00. The predicted octanol–water partition coefficient (Wildman–Crippen LogP) is 4.59. The molecule has 0 saturated carbocycles. The van der Waals surface area contributed by atoms with E-state index in [1.165, 1.54) is 10.9 Å². The summed E-state index contributed by atoms with van der Waals surface area (Å²) in [5, 5.41) is 13.1. The maximum absolute atomic E-state index is 7.00. The Morgan fingerprint density at radius 3 is 2.61 bits per heavy atom. The first kappa shape index (κ1) is 17.2. The highest BCUT2D eigenvalue weighted by molar-refractivity contribution is 6.29. The average molecular weight is 330 g/mol. The van der Waals surface area contributed by atoms with Gasteiger partial charge >= 0.3 is 0 Å². The van der Waals surface area contributed by atoms with Crippen molar-refractivity contribution in [2.45, 2.75) is 19.8 Å². The summed E-state index contributed by atoms with van der Waals surface area (Å²) in [5.74, 6) is 0.833. The number of aryl methyl sites for hydroxylation is 1. The van der Waals surface area contributed by atoms with E-state index in [1.54, 1.807) is 12.3 Å². The predicted molar refractivity (Wildman–Crippen MR) is 96.4 cm³/mol. The van der Waals surface area contributed by atoms with Gasteiger partial charge in [-0.15, -0.1) is 0 Å². The van der Waals surface area contributed by atoms with E-state index in [0.717, 1.165) is 36.8 Å². The van der Waals surface area contributed by atoms with E-state index in [0.29, 0.717) is 5.15 Å². The van der Waals surface area contributed by atoms with Crippen LogP contribution in [0.5, 0.6) is 0 Å². The molecule has 3 aromatic rings. The molecule has 0 atom stereocenters. The molecule has 3 rings (SSSR count). The number of aliphatic hydroxyl groups is 1. The van der Waals surface area contributed by atoms with E-state index in [-0.39, 0.29) is 0 Å². The Morgan fingerprint density at radius 1 is 1.09 bits per heavy atom. The minimum Gasteiger partial charge on any atom is -0.400 e. The number of hydrogen-bond acceptors (Lipinski definition) is 4. The summed E-state index contributed by atoms with van der Waals surface area (Å²) < 4.78 is 0. The minimum atomic E-state index is 0.482. The van der Waals surface area contributed by atoms with Crippen LogP contribution in [0.15, 0.2) is 48.8 Å². The Morgan fingerprint density at radius 2 is 1.91 bits per heavy atom. The lowest BCUT2D eigenvalue weighted by atomic mass is 10.1. The first-order valence-corrected chi connectivity index (χ1v) is 7.85. The lowest BCUT2D eigenvalue weighted by molar-refractivity contribution is 0.399. The van der Waals surface area contributed by atoms with Gasteiger partial charge in [0.15, 0.2) is 0 Å². The number of benzene rings is 1. The van der Waals surface area contributed by atoms with Crippen molar-refractivity contribution in [2.24, 2.45) is 0 Å². The largest absolute Gasteiger partial charge is 0.400 e. The lowest BCUT2D eigenvalue weighted by Gasteiger charge is -2.09. The number of fused-ring (bicyclic) bond motifs is 1. The molecule has 1 aromatic carbocycles. The van der Waals surface area contributed by atoms with Gasteiger partial charge in [0.05, 0.1) is 11.9 Å². The fraction of sp³-hybridized carbons (Fsp3) is 0.222. The molecule has 2 aromatic heterocycles. The van der Waals surface area contributed by atoms with Crippen LogP contribution >= 0.6 is 11.6 Å². The summed E-state index contributed by atoms with van der Waals surface area (Å²) in [4.78, 5) is 8.50. The van der Waals surface area contributed by atoms with Crippen LogP contribution in [0.25, 0.3) is 10.8 Å². The Kier molecular flexibility index (Phi) is 6.32. The van der Waals surface area contributed by atoms with Crippen LogP contribution in [0, 0.1) is 0 Å². The van der Waals surface area contributed by atoms with Crippen LogP contribution in [-0.4, -0.2) is 22.2 Å². The second-order valence-corrected chi connectivity index (χ2v) is 5.35. The van der Waals surface area contributed by atoms with E-state index in [2.05, 4.69) is 40.4 Å². The number of aliphatic hydroxyl groups excluding tert-OH is 1. The van der Waals surface area contributed by atoms with E-state index < -0.39 is 0 Å². The van der Waals surface area contributed by atoms with Crippen LogP contribution in [0.1, 0.15) is 18.9 Å². The zero-order valence-electron chi connectivity index (χ0n) is 13.3. The van der Waals surface area contributed by atoms with Crippen LogP contribution in [0.3, 0.4) is 0 Å².